The lowest BCUT2D eigenvalue weighted by atomic mass is 9.33. The molecule has 4 heterocycles. The van der Waals surface area contributed by atoms with Gasteiger partial charge in [-0.15, -0.1) is 0 Å². The summed E-state index contributed by atoms with van der Waals surface area (Å²) in [6.45, 7) is 2.17. The average Bonchev–Trinajstić information content (AvgIpc) is 3.55. The Morgan fingerprint density at radius 1 is 0.558 bits per heavy atom. The molecule has 0 atom stereocenters. The molecule has 2 aromatic heterocycles. The summed E-state index contributed by atoms with van der Waals surface area (Å²) in [5.41, 5.74) is 16.2. The highest BCUT2D eigenvalue weighted by Crippen LogP contribution is 2.48. The van der Waals surface area contributed by atoms with Gasteiger partial charge in [-0.25, -0.2) is 4.57 Å². The quantitative estimate of drug-likeness (QED) is 0.139. The van der Waals surface area contributed by atoms with Crippen molar-refractivity contribution in [3.63, 3.8) is 0 Å². The highest BCUT2D eigenvalue weighted by atomic mass is 16.3. The Morgan fingerprint density at radius 3 is 2.08 bits per heavy atom. The zero-order valence-electron chi connectivity index (χ0n) is 28.9. The van der Waals surface area contributed by atoms with Crippen molar-refractivity contribution in [3.05, 3.63) is 169 Å². The molecule has 0 aliphatic carbocycles. The van der Waals surface area contributed by atoms with Crippen LogP contribution >= 0.6 is 0 Å². The second-order valence-electron chi connectivity index (χ2n) is 14.1. The van der Waals surface area contributed by atoms with E-state index in [1.54, 1.807) is 0 Å². The van der Waals surface area contributed by atoms with Crippen LogP contribution < -0.4 is 30.8 Å². The molecular formula is C47H33BN3O+. The van der Waals surface area contributed by atoms with E-state index >= 15 is 0 Å². The zero-order valence-corrected chi connectivity index (χ0v) is 28.9. The van der Waals surface area contributed by atoms with Gasteiger partial charge in [-0.05, 0) is 88.9 Å². The van der Waals surface area contributed by atoms with Crippen LogP contribution in [0.15, 0.2) is 168 Å². The van der Waals surface area contributed by atoms with Crippen molar-refractivity contribution < 1.29 is 8.98 Å². The largest absolute Gasteiger partial charge is 0.455 e. The lowest BCUT2D eigenvalue weighted by Crippen LogP contribution is -2.61. The van der Waals surface area contributed by atoms with E-state index < -0.39 is 0 Å². The first-order valence-corrected chi connectivity index (χ1v) is 18.0. The molecule has 0 bridgehead atoms. The summed E-state index contributed by atoms with van der Waals surface area (Å²) < 4.78 is 9.19. The van der Waals surface area contributed by atoms with Crippen LogP contribution in [0.2, 0.25) is 0 Å². The third kappa shape index (κ3) is 4.02. The number of fused-ring (bicyclic) bond motifs is 9. The highest BCUT2D eigenvalue weighted by molar-refractivity contribution is 7.00. The fourth-order valence-corrected chi connectivity index (χ4v) is 8.92. The molecule has 0 saturated carbocycles. The van der Waals surface area contributed by atoms with Crippen LogP contribution in [0.25, 0.3) is 44.0 Å². The summed E-state index contributed by atoms with van der Waals surface area (Å²) in [6, 6.07) is 57.4. The number of aromatic nitrogens is 1. The Kier molecular flexibility index (Phi) is 6.15. The zero-order chi connectivity index (χ0) is 34.5. The van der Waals surface area contributed by atoms with Crippen molar-refractivity contribution >= 4 is 89.9 Å². The predicted molar refractivity (Wildman–Crippen MR) is 217 cm³/mol. The fraction of sp³-hybridized carbons (Fsp3) is 0.0426. The summed E-state index contributed by atoms with van der Waals surface area (Å²) >= 11 is 0. The molecule has 4 nitrogen and oxygen atoms in total. The van der Waals surface area contributed by atoms with E-state index in [9.17, 15) is 0 Å². The van der Waals surface area contributed by atoms with Crippen LogP contribution in [0.3, 0.4) is 0 Å². The molecule has 0 amide bonds. The van der Waals surface area contributed by atoms with Crippen molar-refractivity contribution in [1.82, 2.24) is 0 Å². The van der Waals surface area contributed by atoms with E-state index in [1.807, 2.05) is 0 Å². The molecule has 7 aromatic carbocycles. The minimum atomic E-state index is -0.00790. The Balaban J connectivity index is 1.28. The molecule has 0 radical (unpaired) electrons. The maximum Gasteiger partial charge on any atom is 0.252 e. The van der Waals surface area contributed by atoms with Crippen LogP contribution in [-0.2, 0) is 7.05 Å². The van der Waals surface area contributed by atoms with Crippen molar-refractivity contribution in [1.29, 1.82) is 0 Å². The molecule has 2 aliphatic heterocycles. The van der Waals surface area contributed by atoms with Gasteiger partial charge in [-0.3, -0.25) is 0 Å². The average molecular weight is 667 g/mol. The van der Waals surface area contributed by atoms with E-state index in [0.29, 0.717) is 0 Å². The summed E-state index contributed by atoms with van der Waals surface area (Å²) in [5.74, 6) is 0. The lowest BCUT2D eigenvalue weighted by molar-refractivity contribution is -0.660. The van der Waals surface area contributed by atoms with Crippen LogP contribution in [-0.4, -0.2) is 6.71 Å². The molecule has 0 spiro atoms. The van der Waals surface area contributed by atoms with Gasteiger partial charge in [0.15, 0.2) is 6.20 Å². The number of nitrogens with zero attached hydrogens (tertiary/aromatic N) is 3. The molecule has 0 unspecified atom stereocenters. The van der Waals surface area contributed by atoms with Gasteiger partial charge in [-0.2, -0.15) is 0 Å². The molecule has 52 heavy (non-hydrogen) atoms. The molecule has 11 rings (SSSR count). The summed E-state index contributed by atoms with van der Waals surface area (Å²) in [4.78, 5) is 4.97. The van der Waals surface area contributed by atoms with Crippen molar-refractivity contribution in [2.45, 2.75) is 6.92 Å². The Morgan fingerprint density at radius 2 is 1.27 bits per heavy atom. The van der Waals surface area contributed by atoms with E-state index in [0.717, 1.165) is 44.6 Å². The highest BCUT2D eigenvalue weighted by Gasteiger charge is 2.44. The number of rotatable bonds is 3. The topological polar surface area (TPSA) is 23.5 Å². The molecular weight excluding hydrogens is 633 g/mol. The minimum Gasteiger partial charge on any atom is -0.455 e. The van der Waals surface area contributed by atoms with Crippen LogP contribution in [0, 0.1) is 6.92 Å². The number of anilines is 6. The van der Waals surface area contributed by atoms with Gasteiger partial charge in [0, 0.05) is 56.7 Å². The van der Waals surface area contributed by atoms with Gasteiger partial charge < -0.3 is 14.2 Å². The Bertz CT molecular complexity index is 2900. The van der Waals surface area contributed by atoms with Crippen LogP contribution in [0.5, 0.6) is 0 Å². The van der Waals surface area contributed by atoms with Gasteiger partial charge in [0.2, 0.25) is 5.69 Å². The smallest absolute Gasteiger partial charge is 0.252 e. The minimum absolute atomic E-state index is 0.00790. The maximum atomic E-state index is 7.02. The fourth-order valence-electron chi connectivity index (χ4n) is 8.92. The molecule has 2 aliphatic rings. The number of pyridine rings is 1. The summed E-state index contributed by atoms with van der Waals surface area (Å²) in [6.07, 6.45) is 2.10. The number of hydrogen-bond donors (Lipinski definition) is 0. The lowest BCUT2D eigenvalue weighted by Gasteiger charge is -2.44. The molecule has 0 saturated heterocycles. The van der Waals surface area contributed by atoms with Crippen molar-refractivity contribution in [2.75, 3.05) is 9.80 Å². The normalized spacial score (nSPS) is 13.1. The van der Waals surface area contributed by atoms with Gasteiger partial charge in [0.25, 0.3) is 6.71 Å². The van der Waals surface area contributed by atoms with E-state index in [4.69, 9.17) is 4.42 Å². The van der Waals surface area contributed by atoms with Gasteiger partial charge in [-0.1, -0.05) is 91.0 Å². The third-order valence-electron chi connectivity index (χ3n) is 11.2. The molecule has 244 valence electrons. The number of hydrogen-bond acceptors (Lipinski definition) is 3. The molecule has 5 heteroatoms. The Labute approximate surface area is 302 Å². The first-order valence-electron chi connectivity index (χ1n) is 18.0. The molecule has 0 N–H and O–H groups in total. The van der Waals surface area contributed by atoms with Crippen molar-refractivity contribution in [3.8, 4) is 11.3 Å². The van der Waals surface area contributed by atoms with E-state index in [1.165, 1.54) is 55.5 Å². The maximum absolute atomic E-state index is 7.02. The van der Waals surface area contributed by atoms with Gasteiger partial charge in [0.05, 0.1) is 11.3 Å². The first kappa shape index (κ1) is 29.2. The first-order chi connectivity index (χ1) is 25.7. The summed E-state index contributed by atoms with van der Waals surface area (Å²) in [7, 11) is 2.10. The number of para-hydroxylation sites is 3. The monoisotopic (exact) mass is 666 g/mol. The van der Waals surface area contributed by atoms with E-state index in [2.05, 4.69) is 192 Å². The van der Waals surface area contributed by atoms with Gasteiger partial charge >= 0.3 is 0 Å². The molecule has 9 aromatic rings. The van der Waals surface area contributed by atoms with E-state index in [-0.39, 0.29) is 6.71 Å². The van der Waals surface area contributed by atoms with Crippen molar-refractivity contribution in [2.24, 2.45) is 7.05 Å². The number of benzene rings is 7. The third-order valence-corrected chi connectivity index (χ3v) is 11.2. The molecule has 0 fully saturated rings. The SMILES string of the molecule is Cc1ccc2c(oc3cc4c(cc32)N(c2ccccc2)c2cc3ccccc3c3c2B4c2ccccc2N3c2ccccc2)c1-c1cccc[n+]1C. The van der Waals surface area contributed by atoms with Crippen LogP contribution in [0.1, 0.15) is 5.56 Å². The second-order valence-corrected chi connectivity index (χ2v) is 14.1. The number of aryl methyl sites for hydroxylation is 2. The van der Waals surface area contributed by atoms with Crippen LogP contribution in [0.4, 0.5) is 34.1 Å². The summed E-state index contributed by atoms with van der Waals surface area (Å²) in [5, 5.41) is 4.70. The van der Waals surface area contributed by atoms with Gasteiger partial charge in [0.1, 0.15) is 18.2 Å². The number of furan rings is 1. The standard InChI is InChI=1S/C47H33BN3O/c1-30-24-25-35-36-28-41-38(29-43(36)52-47(35)44(30)40-23-13-14-26-49(40)2)48-37-21-11-12-22-39(37)51(33-18-7-4-8-19-33)46-34-20-10-9-15-31(34)27-42(45(46)48)50(41)32-16-5-3-6-17-32/h3-29H,1-2H3/q+1. The predicted octanol–water partition coefficient (Wildman–Crippen LogP) is 9.62. The second kappa shape index (κ2) is 11.0. The Hall–Kier alpha value is -6.59.